The fourth-order valence-corrected chi connectivity index (χ4v) is 1.46. The molecule has 0 fully saturated rings. The molecule has 1 aromatic heterocycles. The first-order valence-electron chi connectivity index (χ1n) is 5.02. The average molecular weight is 237 g/mol. The Morgan fingerprint density at radius 2 is 2.29 bits per heavy atom. The lowest BCUT2D eigenvalue weighted by molar-refractivity contribution is -0.133. The van der Waals surface area contributed by atoms with E-state index in [1.807, 2.05) is 0 Å². The van der Waals surface area contributed by atoms with Gasteiger partial charge in [-0.05, 0) is 0 Å². The smallest absolute Gasteiger partial charge is 0.352 e. The molecule has 17 heavy (non-hydrogen) atoms. The van der Waals surface area contributed by atoms with Crippen molar-refractivity contribution in [1.82, 2.24) is 19.8 Å². The number of hydrazone groups is 1. The number of hydrogen-bond acceptors (Lipinski definition) is 5. The number of carboxylic acids is 1. The standard InChI is InChI=1S/C9H11N5O3/c1-13-5-10-11-7(13)4-14-8(15)3-2-6(12-14)9(16)17/h5H,2-4H2,1H3,(H,16,17). The number of carbonyl (C=O) groups is 2. The van der Waals surface area contributed by atoms with Gasteiger partial charge in [0, 0.05) is 19.9 Å². The summed E-state index contributed by atoms with van der Waals surface area (Å²) in [6.45, 7) is 0.131. The summed E-state index contributed by atoms with van der Waals surface area (Å²) >= 11 is 0. The highest BCUT2D eigenvalue weighted by molar-refractivity contribution is 6.36. The van der Waals surface area contributed by atoms with Crippen molar-refractivity contribution in [1.29, 1.82) is 0 Å². The van der Waals surface area contributed by atoms with Crippen LogP contribution < -0.4 is 0 Å². The van der Waals surface area contributed by atoms with Gasteiger partial charge < -0.3 is 9.67 Å². The van der Waals surface area contributed by atoms with Gasteiger partial charge in [-0.2, -0.15) is 5.10 Å². The van der Waals surface area contributed by atoms with E-state index in [-0.39, 0.29) is 31.0 Å². The van der Waals surface area contributed by atoms with Crippen molar-refractivity contribution < 1.29 is 14.7 Å². The highest BCUT2D eigenvalue weighted by Gasteiger charge is 2.25. The van der Waals surface area contributed by atoms with Gasteiger partial charge in [0.2, 0.25) is 5.91 Å². The Balaban J connectivity index is 2.19. The Morgan fingerprint density at radius 1 is 1.53 bits per heavy atom. The van der Waals surface area contributed by atoms with Crippen molar-refractivity contribution in [3.8, 4) is 0 Å². The Kier molecular flexibility index (Phi) is 2.86. The number of aromatic nitrogens is 3. The van der Waals surface area contributed by atoms with Crippen LogP contribution in [-0.4, -0.2) is 42.5 Å². The molecule has 1 amide bonds. The van der Waals surface area contributed by atoms with Crippen LogP contribution in [0.3, 0.4) is 0 Å². The van der Waals surface area contributed by atoms with E-state index < -0.39 is 5.97 Å². The molecule has 8 heteroatoms. The molecule has 0 unspecified atom stereocenters. The first kappa shape index (κ1) is 11.2. The van der Waals surface area contributed by atoms with Gasteiger partial charge in [-0.25, -0.2) is 9.80 Å². The van der Waals surface area contributed by atoms with Gasteiger partial charge >= 0.3 is 5.97 Å². The first-order chi connectivity index (χ1) is 8.08. The van der Waals surface area contributed by atoms with Gasteiger partial charge in [0.25, 0.3) is 0 Å². The zero-order valence-corrected chi connectivity index (χ0v) is 9.20. The zero-order chi connectivity index (χ0) is 12.4. The number of rotatable bonds is 3. The van der Waals surface area contributed by atoms with Crippen LogP contribution in [0.15, 0.2) is 11.4 Å². The van der Waals surface area contributed by atoms with Crippen LogP contribution in [0.5, 0.6) is 0 Å². The normalized spacial score (nSPS) is 15.9. The first-order valence-corrected chi connectivity index (χ1v) is 5.02. The molecule has 0 aliphatic carbocycles. The van der Waals surface area contributed by atoms with Crippen molar-refractivity contribution >= 4 is 17.6 Å². The molecule has 0 saturated carbocycles. The lowest BCUT2D eigenvalue weighted by atomic mass is 10.2. The summed E-state index contributed by atoms with van der Waals surface area (Å²) in [6.07, 6.45) is 1.83. The molecular formula is C9H11N5O3. The minimum absolute atomic E-state index is 0.00762. The Bertz CT molecular complexity index is 493. The largest absolute Gasteiger partial charge is 0.477 e. The van der Waals surface area contributed by atoms with Gasteiger partial charge in [-0.1, -0.05) is 0 Å². The zero-order valence-electron chi connectivity index (χ0n) is 9.20. The van der Waals surface area contributed by atoms with Crippen molar-refractivity contribution in [2.75, 3.05) is 0 Å². The lowest BCUT2D eigenvalue weighted by Gasteiger charge is -2.21. The van der Waals surface area contributed by atoms with E-state index in [4.69, 9.17) is 5.11 Å². The van der Waals surface area contributed by atoms with Crippen LogP contribution in [0.1, 0.15) is 18.7 Å². The average Bonchev–Trinajstić information content (AvgIpc) is 2.67. The molecule has 0 saturated heterocycles. The van der Waals surface area contributed by atoms with Crippen molar-refractivity contribution in [3.63, 3.8) is 0 Å². The minimum atomic E-state index is -1.10. The third-order valence-electron chi connectivity index (χ3n) is 2.45. The van der Waals surface area contributed by atoms with Crippen molar-refractivity contribution in [2.24, 2.45) is 12.1 Å². The number of nitrogens with zero attached hydrogens (tertiary/aromatic N) is 5. The highest BCUT2D eigenvalue weighted by Crippen LogP contribution is 2.12. The van der Waals surface area contributed by atoms with Crippen LogP contribution in [0, 0.1) is 0 Å². The van der Waals surface area contributed by atoms with E-state index in [9.17, 15) is 9.59 Å². The Hall–Kier alpha value is -2.25. The van der Waals surface area contributed by atoms with Crippen LogP contribution in [-0.2, 0) is 23.2 Å². The van der Waals surface area contributed by atoms with Gasteiger partial charge in [-0.15, -0.1) is 10.2 Å². The predicted molar refractivity (Wildman–Crippen MR) is 55.9 cm³/mol. The summed E-state index contributed by atoms with van der Waals surface area (Å²) in [5, 5.41) is 21.2. The van der Waals surface area contributed by atoms with Gasteiger partial charge in [0.1, 0.15) is 18.6 Å². The van der Waals surface area contributed by atoms with E-state index in [0.29, 0.717) is 5.82 Å². The summed E-state index contributed by atoms with van der Waals surface area (Å²) in [7, 11) is 1.74. The number of aliphatic carboxylic acids is 1. The SMILES string of the molecule is Cn1cnnc1CN1N=C(C(=O)O)CCC1=O. The third-order valence-corrected chi connectivity index (χ3v) is 2.45. The second kappa shape index (κ2) is 4.32. The van der Waals surface area contributed by atoms with E-state index in [1.54, 1.807) is 11.6 Å². The van der Waals surface area contributed by atoms with Gasteiger partial charge in [0.05, 0.1) is 0 Å². The van der Waals surface area contributed by atoms with Gasteiger partial charge in [0.15, 0.2) is 5.82 Å². The molecule has 0 atom stereocenters. The molecule has 0 spiro atoms. The number of amides is 1. The molecular weight excluding hydrogens is 226 g/mol. The number of aryl methyl sites for hydroxylation is 1. The monoisotopic (exact) mass is 237 g/mol. The molecule has 1 aliphatic heterocycles. The van der Waals surface area contributed by atoms with Crippen LogP contribution in [0.25, 0.3) is 0 Å². The second-order valence-corrected chi connectivity index (χ2v) is 3.66. The lowest BCUT2D eigenvalue weighted by Crippen LogP contribution is -2.34. The molecule has 1 aromatic rings. The number of carboxylic acid groups (broad SMARTS) is 1. The molecule has 0 bridgehead atoms. The molecule has 0 aromatic carbocycles. The van der Waals surface area contributed by atoms with Crippen LogP contribution in [0.2, 0.25) is 0 Å². The fourth-order valence-electron chi connectivity index (χ4n) is 1.46. The number of hydrogen-bond donors (Lipinski definition) is 1. The maximum Gasteiger partial charge on any atom is 0.352 e. The number of carbonyl (C=O) groups excluding carboxylic acids is 1. The molecule has 1 aliphatic rings. The minimum Gasteiger partial charge on any atom is -0.477 e. The second-order valence-electron chi connectivity index (χ2n) is 3.66. The molecule has 2 rings (SSSR count). The van der Waals surface area contributed by atoms with Crippen molar-refractivity contribution in [2.45, 2.75) is 19.4 Å². The van der Waals surface area contributed by atoms with Crippen LogP contribution in [0.4, 0.5) is 0 Å². The molecule has 90 valence electrons. The topological polar surface area (TPSA) is 101 Å². The molecule has 2 heterocycles. The quantitative estimate of drug-likeness (QED) is 0.754. The maximum absolute atomic E-state index is 11.6. The van der Waals surface area contributed by atoms with Crippen molar-refractivity contribution in [3.05, 3.63) is 12.2 Å². The van der Waals surface area contributed by atoms with E-state index in [2.05, 4.69) is 15.3 Å². The molecule has 8 nitrogen and oxygen atoms in total. The highest BCUT2D eigenvalue weighted by atomic mass is 16.4. The summed E-state index contributed by atoms with van der Waals surface area (Å²) in [4.78, 5) is 22.3. The van der Waals surface area contributed by atoms with E-state index >= 15 is 0 Å². The van der Waals surface area contributed by atoms with E-state index in [1.165, 1.54) is 6.33 Å². The third kappa shape index (κ3) is 2.30. The summed E-state index contributed by atoms with van der Waals surface area (Å²) < 4.78 is 1.65. The maximum atomic E-state index is 11.6. The predicted octanol–water partition coefficient (Wildman–Crippen LogP) is -0.622. The summed E-state index contributed by atoms with van der Waals surface area (Å²) in [6, 6.07) is 0. The summed E-state index contributed by atoms with van der Waals surface area (Å²) in [5.41, 5.74) is -0.00762. The fraction of sp³-hybridized carbons (Fsp3) is 0.444. The Labute approximate surface area is 96.5 Å². The Morgan fingerprint density at radius 3 is 2.88 bits per heavy atom. The van der Waals surface area contributed by atoms with Crippen LogP contribution >= 0.6 is 0 Å². The molecule has 1 N–H and O–H groups in total. The van der Waals surface area contributed by atoms with Gasteiger partial charge in [-0.3, -0.25) is 4.79 Å². The van der Waals surface area contributed by atoms with E-state index in [0.717, 1.165) is 5.01 Å². The summed E-state index contributed by atoms with van der Waals surface area (Å²) in [5.74, 6) is -0.757. The molecule has 0 radical (unpaired) electrons.